The zero-order chi connectivity index (χ0) is 19.7. The summed E-state index contributed by atoms with van der Waals surface area (Å²) in [5.41, 5.74) is 1.82. The quantitative estimate of drug-likeness (QED) is 0.839. The van der Waals surface area contributed by atoms with Gasteiger partial charge in [0.1, 0.15) is 5.82 Å². The van der Waals surface area contributed by atoms with Gasteiger partial charge in [-0.2, -0.15) is 0 Å². The van der Waals surface area contributed by atoms with Crippen molar-refractivity contribution in [1.29, 1.82) is 0 Å². The molecule has 4 rings (SSSR count). The van der Waals surface area contributed by atoms with Crippen molar-refractivity contribution in [1.82, 2.24) is 19.8 Å². The van der Waals surface area contributed by atoms with E-state index in [0.717, 1.165) is 43.3 Å². The Balaban J connectivity index is 1.53. The van der Waals surface area contributed by atoms with Crippen LogP contribution in [0.15, 0.2) is 35.4 Å². The van der Waals surface area contributed by atoms with Gasteiger partial charge in [-0.15, -0.1) is 0 Å². The highest BCUT2D eigenvalue weighted by Crippen LogP contribution is 2.30. The van der Waals surface area contributed by atoms with E-state index in [4.69, 9.17) is 4.74 Å². The van der Waals surface area contributed by atoms with Crippen molar-refractivity contribution < 1.29 is 13.2 Å². The summed E-state index contributed by atoms with van der Waals surface area (Å²) in [6, 6.07) is 7.61. The van der Waals surface area contributed by atoms with Gasteiger partial charge in [0.2, 0.25) is 0 Å². The average Bonchev–Trinajstić information content (AvgIpc) is 3.18. The lowest BCUT2D eigenvalue weighted by molar-refractivity contribution is -0.0441. The first kappa shape index (κ1) is 19.6. The summed E-state index contributed by atoms with van der Waals surface area (Å²) >= 11 is 0. The lowest BCUT2D eigenvalue weighted by Gasteiger charge is -2.43. The lowest BCUT2D eigenvalue weighted by Crippen LogP contribution is -2.50. The number of nitrogens with zero attached hydrogens (tertiary/aromatic N) is 3. The Morgan fingerprint density at radius 3 is 2.54 bits per heavy atom. The largest absolute Gasteiger partial charge is 0.378 e. The fourth-order valence-corrected chi connectivity index (χ4v) is 4.78. The molecule has 1 atom stereocenters. The molecule has 1 N–H and O–H groups in total. The standard InChI is InChI=1S/C20H28N4O3S/c1-23-9-7-16(8-10-23)24-11-12-27-14-19(24)20-21-13-18(22-20)15-3-5-17(6-4-15)28(2,25)26/h3-6,13,16,19H,7-12,14H2,1-2H3,(H,21,22)/t19-/m0/s1. The number of rotatable bonds is 4. The number of sulfone groups is 1. The summed E-state index contributed by atoms with van der Waals surface area (Å²) in [5, 5.41) is 0. The van der Waals surface area contributed by atoms with Crippen LogP contribution in [0.4, 0.5) is 0 Å². The zero-order valence-electron chi connectivity index (χ0n) is 16.5. The van der Waals surface area contributed by atoms with Crippen LogP contribution >= 0.6 is 0 Å². The molecule has 0 bridgehead atoms. The Kier molecular flexibility index (Phi) is 5.55. The number of morpholine rings is 1. The summed E-state index contributed by atoms with van der Waals surface area (Å²) < 4.78 is 29.1. The second-order valence-corrected chi connectivity index (χ2v) is 9.86. The summed E-state index contributed by atoms with van der Waals surface area (Å²) in [5.74, 6) is 0.917. The number of hydrogen-bond donors (Lipinski definition) is 1. The Bertz CT molecular complexity index is 902. The molecule has 3 heterocycles. The second-order valence-electron chi connectivity index (χ2n) is 7.84. The molecule has 1 aromatic carbocycles. The number of benzene rings is 1. The van der Waals surface area contributed by atoms with Crippen LogP contribution in [0.25, 0.3) is 11.3 Å². The molecule has 1 aromatic heterocycles. The molecule has 2 saturated heterocycles. The van der Waals surface area contributed by atoms with E-state index in [9.17, 15) is 8.42 Å². The number of nitrogens with one attached hydrogen (secondary N) is 1. The molecule has 0 unspecified atom stereocenters. The third kappa shape index (κ3) is 4.15. The van der Waals surface area contributed by atoms with E-state index in [2.05, 4.69) is 26.8 Å². The van der Waals surface area contributed by atoms with Crippen molar-refractivity contribution in [3.63, 3.8) is 0 Å². The van der Waals surface area contributed by atoms with E-state index in [1.165, 1.54) is 19.1 Å². The van der Waals surface area contributed by atoms with Crippen LogP contribution in [0.2, 0.25) is 0 Å². The topological polar surface area (TPSA) is 78.5 Å². The number of piperidine rings is 1. The number of aromatic nitrogens is 2. The van der Waals surface area contributed by atoms with Gasteiger partial charge in [0.15, 0.2) is 9.84 Å². The van der Waals surface area contributed by atoms with Crippen LogP contribution in [-0.2, 0) is 14.6 Å². The van der Waals surface area contributed by atoms with Crippen LogP contribution < -0.4 is 0 Å². The minimum Gasteiger partial charge on any atom is -0.378 e. The molecular weight excluding hydrogens is 376 g/mol. The molecule has 0 spiro atoms. The highest BCUT2D eigenvalue weighted by Gasteiger charge is 2.33. The Morgan fingerprint density at radius 2 is 1.86 bits per heavy atom. The Labute approximate surface area is 166 Å². The van der Waals surface area contributed by atoms with Gasteiger partial charge in [-0.3, -0.25) is 4.90 Å². The SMILES string of the molecule is CN1CCC(N2CCOC[C@H]2c2ncc(-c3ccc(S(C)(=O)=O)cc3)[nH]2)CC1. The summed E-state index contributed by atoms with van der Waals surface area (Å²) in [7, 11) is -1.01. The fraction of sp³-hybridized carbons (Fsp3) is 0.550. The first-order valence-corrected chi connectivity index (χ1v) is 11.7. The third-order valence-electron chi connectivity index (χ3n) is 5.83. The van der Waals surface area contributed by atoms with Gasteiger partial charge in [0, 0.05) is 18.8 Å². The monoisotopic (exact) mass is 404 g/mol. The van der Waals surface area contributed by atoms with Gasteiger partial charge >= 0.3 is 0 Å². The minimum absolute atomic E-state index is 0.131. The van der Waals surface area contributed by atoms with Crippen molar-refractivity contribution in [3.05, 3.63) is 36.3 Å². The first-order chi connectivity index (χ1) is 13.4. The minimum atomic E-state index is -3.19. The molecule has 28 heavy (non-hydrogen) atoms. The van der Waals surface area contributed by atoms with Gasteiger partial charge in [-0.05, 0) is 50.7 Å². The maximum atomic E-state index is 11.7. The highest BCUT2D eigenvalue weighted by molar-refractivity contribution is 7.90. The molecule has 2 fully saturated rings. The molecule has 2 aliphatic rings. The number of hydrogen-bond acceptors (Lipinski definition) is 6. The van der Waals surface area contributed by atoms with Crippen molar-refractivity contribution >= 4 is 9.84 Å². The van der Waals surface area contributed by atoms with Gasteiger partial charge < -0.3 is 14.6 Å². The maximum absolute atomic E-state index is 11.7. The van der Waals surface area contributed by atoms with Crippen LogP contribution in [0, 0.1) is 0 Å². The smallest absolute Gasteiger partial charge is 0.175 e. The molecular formula is C20H28N4O3S. The molecule has 0 radical (unpaired) electrons. The third-order valence-corrected chi connectivity index (χ3v) is 6.96. The van der Waals surface area contributed by atoms with Crippen molar-refractivity contribution in [3.8, 4) is 11.3 Å². The van der Waals surface area contributed by atoms with Crippen molar-refractivity contribution in [2.24, 2.45) is 0 Å². The van der Waals surface area contributed by atoms with Crippen LogP contribution in [0.5, 0.6) is 0 Å². The molecule has 8 heteroatoms. The molecule has 7 nitrogen and oxygen atoms in total. The van der Waals surface area contributed by atoms with Crippen molar-refractivity contribution in [2.45, 2.75) is 29.8 Å². The molecule has 0 aliphatic carbocycles. The predicted molar refractivity (Wildman–Crippen MR) is 108 cm³/mol. The molecule has 0 saturated carbocycles. The van der Waals surface area contributed by atoms with Gasteiger partial charge in [-0.1, -0.05) is 12.1 Å². The first-order valence-electron chi connectivity index (χ1n) is 9.79. The van der Waals surface area contributed by atoms with Gasteiger partial charge in [-0.25, -0.2) is 13.4 Å². The maximum Gasteiger partial charge on any atom is 0.175 e. The summed E-state index contributed by atoms with van der Waals surface area (Å²) in [6.45, 7) is 4.60. The van der Waals surface area contributed by atoms with Crippen LogP contribution in [0.3, 0.4) is 0 Å². The van der Waals surface area contributed by atoms with E-state index < -0.39 is 9.84 Å². The highest BCUT2D eigenvalue weighted by atomic mass is 32.2. The average molecular weight is 405 g/mol. The molecule has 2 aromatic rings. The molecule has 152 valence electrons. The number of likely N-dealkylation sites (tertiary alicyclic amines) is 1. The van der Waals surface area contributed by atoms with E-state index in [1.54, 1.807) is 12.1 Å². The van der Waals surface area contributed by atoms with E-state index in [0.29, 0.717) is 17.5 Å². The van der Waals surface area contributed by atoms with E-state index in [-0.39, 0.29) is 6.04 Å². The number of ether oxygens (including phenoxy) is 1. The van der Waals surface area contributed by atoms with Gasteiger partial charge in [0.25, 0.3) is 0 Å². The number of imidazole rings is 1. The van der Waals surface area contributed by atoms with Crippen LogP contribution in [-0.4, -0.2) is 80.4 Å². The lowest BCUT2D eigenvalue weighted by atomic mass is 10.0. The fourth-order valence-electron chi connectivity index (χ4n) is 4.15. The van der Waals surface area contributed by atoms with E-state index in [1.807, 2.05) is 18.3 Å². The number of H-pyrrole nitrogens is 1. The van der Waals surface area contributed by atoms with Crippen molar-refractivity contribution in [2.75, 3.05) is 46.2 Å². The van der Waals surface area contributed by atoms with Gasteiger partial charge in [0.05, 0.1) is 36.0 Å². The zero-order valence-corrected chi connectivity index (χ0v) is 17.3. The number of aromatic amines is 1. The summed E-state index contributed by atoms with van der Waals surface area (Å²) in [6.07, 6.45) is 5.39. The Hall–Kier alpha value is -1.74. The molecule has 0 amide bonds. The summed E-state index contributed by atoms with van der Waals surface area (Å²) in [4.78, 5) is 13.3. The molecule has 2 aliphatic heterocycles. The van der Waals surface area contributed by atoms with Crippen LogP contribution in [0.1, 0.15) is 24.7 Å². The predicted octanol–water partition coefficient (Wildman–Crippen LogP) is 1.95. The second kappa shape index (κ2) is 7.94. The van der Waals surface area contributed by atoms with E-state index >= 15 is 0 Å². The Morgan fingerprint density at radius 1 is 1.14 bits per heavy atom. The normalized spacial score (nSPS) is 23.1.